The number of aryl methyl sites for hydroxylation is 1. The van der Waals surface area contributed by atoms with E-state index in [4.69, 9.17) is 16.3 Å². The van der Waals surface area contributed by atoms with Crippen molar-refractivity contribution in [3.05, 3.63) is 97.8 Å². The molecule has 2 aromatic carbocycles. The first-order valence-electron chi connectivity index (χ1n) is 19.3. The summed E-state index contributed by atoms with van der Waals surface area (Å²) in [6.45, 7) is -3.01. The Hall–Kier alpha value is -5.91. The Labute approximate surface area is 359 Å². The van der Waals surface area contributed by atoms with Crippen LogP contribution < -0.4 is 20.3 Å². The van der Waals surface area contributed by atoms with Crippen molar-refractivity contribution in [1.82, 2.24) is 39.4 Å². The van der Waals surface area contributed by atoms with Crippen LogP contribution in [-0.4, -0.2) is 73.4 Å². The van der Waals surface area contributed by atoms with Crippen LogP contribution in [0.4, 0.5) is 45.3 Å². The molecule has 2 saturated carbocycles. The van der Waals surface area contributed by atoms with Crippen LogP contribution in [-0.2, 0) is 40.8 Å². The number of anilines is 1. The molecule has 3 unspecified atom stereocenters. The van der Waals surface area contributed by atoms with Gasteiger partial charge in [0.1, 0.15) is 29.7 Å². The van der Waals surface area contributed by atoms with Gasteiger partial charge in [-0.2, -0.15) is 45.9 Å². The standard InChI is InChI=1S/C39H31ClF9N9O5S/c1-56-31-25(7-6-23(40)29(31)34(54-56)55-64(2,61)62)58-35(52-33-20(36(58)60)5-8-27(51-33)63-15-37(43,44)39(47,48)49)24(11-16-9-18(41)12-19(42)10-16)50-26(59)14-57-32-28(30(53-57)17-3-4-17)21-13-22(21)38(32,45)46/h5-10,12,17,21-22,24H,3-4,11,13-15H2,1-2H3,(H,50,59)(H,54,55). The van der Waals surface area contributed by atoms with E-state index in [2.05, 4.69) is 30.2 Å². The van der Waals surface area contributed by atoms with Crippen LogP contribution in [0.2, 0.25) is 5.02 Å². The van der Waals surface area contributed by atoms with Gasteiger partial charge in [0, 0.05) is 43.0 Å². The summed E-state index contributed by atoms with van der Waals surface area (Å²) in [7, 11) is -2.62. The second kappa shape index (κ2) is 14.8. The minimum Gasteiger partial charge on any atom is -0.471 e. The topological polar surface area (TPSA) is 168 Å². The smallest absolute Gasteiger partial charge is 0.456 e. The first kappa shape index (κ1) is 43.3. The molecule has 1 amide bonds. The Morgan fingerprint density at radius 1 is 1.03 bits per heavy atom. The lowest BCUT2D eigenvalue weighted by molar-refractivity contribution is -0.290. The molecule has 0 aliphatic heterocycles. The van der Waals surface area contributed by atoms with Crippen LogP contribution in [0.3, 0.4) is 0 Å². The van der Waals surface area contributed by atoms with Crippen LogP contribution in [0.25, 0.3) is 27.6 Å². The fourth-order valence-corrected chi connectivity index (χ4v) is 9.00. The van der Waals surface area contributed by atoms with Gasteiger partial charge in [-0.15, -0.1) is 0 Å². The van der Waals surface area contributed by atoms with E-state index >= 15 is 8.78 Å². The number of carbonyl (C=O) groups excluding carboxylic acids is 1. The molecule has 3 aliphatic carbocycles. The molecule has 14 nitrogen and oxygen atoms in total. The minimum atomic E-state index is -6.00. The molecule has 2 fully saturated rings. The molecule has 6 aromatic rings. The number of nitrogens with one attached hydrogen (secondary N) is 2. The Balaban J connectivity index is 1.22. The third kappa shape index (κ3) is 7.66. The van der Waals surface area contributed by atoms with Crippen molar-refractivity contribution >= 4 is 55.3 Å². The number of carbonyl (C=O) groups is 1. The van der Waals surface area contributed by atoms with Gasteiger partial charge in [-0.1, -0.05) is 11.6 Å². The second-order valence-corrected chi connectivity index (χ2v) is 18.2. The van der Waals surface area contributed by atoms with Crippen LogP contribution in [0.15, 0.2) is 47.3 Å². The number of hydrogen-bond donors (Lipinski definition) is 2. The Kier molecular flexibility index (Phi) is 10.0. The Morgan fingerprint density at radius 3 is 2.39 bits per heavy atom. The number of benzene rings is 2. The highest BCUT2D eigenvalue weighted by Crippen LogP contribution is 2.69. The molecule has 2 N–H and O–H groups in total. The molecular weight excluding hydrogens is 913 g/mol. The summed E-state index contributed by atoms with van der Waals surface area (Å²) in [6.07, 6.45) is -4.03. The quantitative estimate of drug-likeness (QED) is 0.117. The van der Waals surface area contributed by atoms with Crippen molar-refractivity contribution in [3.63, 3.8) is 0 Å². The summed E-state index contributed by atoms with van der Waals surface area (Å²) in [5.74, 6) is -14.8. The van der Waals surface area contributed by atoms with Crippen molar-refractivity contribution in [1.29, 1.82) is 0 Å². The average Bonchev–Trinajstić information content (AvgIpc) is 4.10. The lowest BCUT2D eigenvalue weighted by atomic mass is 10.0. The summed E-state index contributed by atoms with van der Waals surface area (Å²) in [6, 6.07) is 5.03. The van der Waals surface area contributed by atoms with Gasteiger partial charge < -0.3 is 10.1 Å². The third-order valence-electron chi connectivity index (χ3n) is 11.2. The van der Waals surface area contributed by atoms with Crippen molar-refractivity contribution < 1.29 is 57.5 Å². The maximum Gasteiger partial charge on any atom is 0.456 e. The van der Waals surface area contributed by atoms with E-state index in [0.29, 0.717) is 17.3 Å². The number of fused-ring (bicyclic) bond motifs is 5. The molecule has 0 radical (unpaired) electrons. The Bertz CT molecular complexity index is 3100. The zero-order valence-corrected chi connectivity index (χ0v) is 34.5. The van der Waals surface area contributed by atoms with Crippen molar-refractivity contribution in [2.75, 3.05) is 17.6 Å². The van der Waals surface area contributed by atoms with E-state index < -0.39 is 117 Å². The van der Waals surface area contributed by atoms with Crippen molar-refractivity contribution in [2.45, 2.75) is 68.1 Å². The number of ether oxygens (including phenoxy) is 1. The number of amides is 1. The lowest BCUT2D eigenvalue weighted by Gasteiger charge is -2.24. The van der Waals surface area contributed by atoms with Gasteiger partial charge in [0.05, 0.1) is 45.0 Å². The van der Waals surface area contributed by atoms with Crippen LogP contribution in [0, 0.1) is 17.6 Å². The SMILES string of the molecule is Cn1nc(NS(C)(=O)=O)c2c(Cl)ccc(-n3c(C(Cc4cc(F)cc(F)c4)NC(=O)Cn4nc(C5CC5)c5c4C(F)(F)C4CC54)nc4nc(OCC(F)(F)C(F)(F)F)ccc4c3=O)c21. The predicted molar refractivity (Wildman–Crippen MR) is 209 cm³/mol. The first-order chi connectivity index (χ1) is 29.9. The van der Waals surface area contributed by atoms with E-state index in [0.717, 1.165) is 57.3 Å². The molecule has 3 atom stereocenters. The summed E-state index contributed by atoms with van der Waals surface area (Å²) >= 11 is 6.56. The molecule has 3 aliphatic rings. The van der Waals surface area contributed by atoms with E-state index in [1.54, 1.807) is 0 Å². The molecule has 338 valence electrons. The normalized spacial score (nSPS) is 18.6. The second-order valence-electron chi connectivity index (χ2n) is 16.0. The number of pyridine rings is 1. The number of hydrogen-bond acceptors (Lipinski definition) is 9. The van der Waals surface area contributed by atoms with Crippen molar-refractivity contribution in [2.24, 2.45) is 13.0 Å². The number of halogens is 10. The monoisotopic (exact) mass is 943 g/mol. The number of rotatable bonds is 13. The zero-order valence-electron chi connectivity index (χ0n) is 33.0. The molecule has 0 spiro atoms. The van der Waals surface area contributed by atoms with Crippen LogP contribution in [0.5, 0.6) is 5.88 Å². The molecule has 64 heavy (non-hydrogen) atoms. The largest absolute Gasteiger partial charge is 0.471 e. The van der Waals surface area contributed by atoms with E-state index in [-0.39, 0.29) is 45.3 Å². The van der Waals surface area contributed by atoms with Gasteiger partial charge in [-0.3, -0.25) is 28.2 Å². The predicted octanol–water partition coefficient (Wildman–Crippen LogP) is 6.93. The molecule has 9 rings (SSSR count). The number of alkyl halides is 7. The average molecular weight is 944 g/mol. The summed E-state index contributed by atoms with van der Waals surface area (Å²) in [4.78, 5) is 37.4. The third-order valence-corrected chi connectivity index (χ3v) is 12.1. The Morgan fingerprint density at radius 2 is 1.73 bits per heavy atom. The summed E-state index contributed by atoms with van der Waals surface area (Å²) in [5, 5.41) is 10.8. The first-order valence-corrected chi connectivity index (χ1v) is 21.6. The van der Waals surface area contributed by atoms with Gasteiger partial charge in [0.15, 0.2) is 18.1 Å². The van der Waals surface area contributed by atoms with Crippen molar-refractivity contribution in [3.8, 4) is 11.6 Å². The number of sulfonamides is 1. The van der Waals surface area contributed by atoms with Crippen LogP contribution >= 0.6 is 11.6 Å². The molecule has 25 heteroatoms. The summed E-state index contributed by atoms with van der Waals surface area (Å²) in [5.41, 5.74) is -1.47. The van der Waals surface area contributed by atoms with Crippen LogP contribution in [0.1, 0.15) is 65.5 Å². The van der Waals surface area contributed by atoms with Gasteiger partial charge in [0.25, 0.3) is 11.5 Å². The number of nitrogens with zero attached hydrogens (tertiary/aromatic N) is 7. The highest BCUT2D eigenvalue weighted by molar-refractivity contribution is 7.92. The number of aromatic nitrogens is 7. The highest BCUT2D eigenvalue weighted by Gasteiger charge is 2.67. The summed E-state index contributed by atoms with van der Waals surface area (Å²) < 4.78 is 162. The lowest BCUT2D eigenvalue weighted by Crippen LogP contribution is -2.41. The molecular formula is C39H31ClF9N9O5S. The minimum absolute atomic E-state index is 0.0205. The van der Waals surface area contributed by atoms with Gasteiger partial charge in [-0.25, -0.2) is 22.2 Å². The van der Waals surface area contributed by atoms with E-state index in [9.17, 15) is 48.7 Å². The maximum absolute atomic E-state index is 15.7. The molecule has 0 saturated heterocycles. The van der Waals surface area contributed by atoms with Gasteiger partial charge in [0.2, 0.25) is 21.8 Å². The molecule has 0 bridgehead atoms. The fraction of sp³-hybridized carbons (Fsp3) is 0.385. The van der Waals surface area contributed by atoms with Gasteiger partial charge >= 0.3 is 12.1 Å². The maximum atomic E-state index is 15.7. The molecule has 4 aromatic heterocycles. The van der Waals surface area contributed by atoms with Gasteiger partial charge in [-0.05, 0) is 61.1 Å². The van der Waals surface area contributed by atoms with E-state index in [1.165, 1.54) is 19.2 Å². The van der Waals surface area contributed by atoms with E-state index in [1.807, 2.05) is 0 Å². The highest BCUT2D eigenvalue weighted by atomic mass is 35.5. The molecule has 4 heterocycles. The zero-order chi connectivity index (χ0) is 46.0. The fourth-order valence-electron chi connectivity index (χ4n) is 8.27.